The van der Waals surface area contributed by atoms with Gasteiger partial charge in [0.2, 0.25) is 5.82 Å². The molecular weight excluding hydrogens is 315 g/mol. The second kappa shape index (κ2) is 5.79. The molecule has 0 saturated heterocycles. The highest BCUT2D eigenvalue weighted by molar-refractivity contribution is 7.11. The number of hydrogen-bond acceptors (Lipinski definition) is 4. The number of halogens is 2. The predicted molar refractivity (Wildman–Crippen MR) is 82.8 cm³/mol. The second-order valence-electron chi connectivity index (χ2n) is 3.94. The molecule has 6 heteroatoms. The van der Waals surface area contributed by atoms with E-state index in [9.17, 15) is 0 Å². The third-order valence-corrected chi connectivity index (χ3v) is 3.89. The summed E-state index contributed by atoms with van der Waals surface area (Å²) in [6.07, 6.45) is 1.80. The first-order valence-corrected chi connectivity index (χ1v) is 7.36. The highest BCUT2D eigenvalue weighted by Crippen LogP contribution is 2.25. The fourth-order valence-electron chi connectivity index (χ4n) is 1.60. The van der Waals surface area contributed by atoms with Gasteiger partial charge in [0.15, 0.2) is 0 Å². The number of rotatable bonds is 3. The van der Waals surface area contributed by atoms with Gasteiger partial charge in [-0.25, -0.2) is 0 Å². The average Bonchev–Trinajstić information content (AvgIpc) is 3.10. The number of hydrogen-bond donors (Lipinski definition) is 0. The topological polar surface area (TPSA) is 38.9 Å². The molecule has 1 aromatic carbocycles. The predicted octanol–water partition coefficient (Wildman–Crippen LogP) is 5.19. The quantitative estimate of drug-likeness (QED) is 0.666. The summed E-state index contributed by atoms with van der Waals surface area (Å²) in [5, 5.41) is 6.97. The maximum Gasteiger partial charge on any atom is 0.269 e. The van der Waals surface area contributed by atoms with Gasteiger partial charge < -0.3 is 4.52 Å². The molecule has 0 fully saturated rings. The molecule has 2 heterocycles. The summed E-state index contributed by atoms with van der Waals surface area (Å²) in [5.41, 5.74) is 0.824. The molecule has 0 radical (unpaired) electrons. The van der Waals surface area contributed by atoms with Crippen molar-refractivity contribution in [3.8, 4) is 11.4 Å². The second-order valence-corrected chi connectivity index (χ2v) is 5.76. The van der Waals surface area contributed by atoms with E-state index in [1.165, 1.54) is 0 Å². The third kappa shape index (κ3) is 2.93. The van der Waals surface area contributed by atoms with Crippen molar-refractivity contribution < 1.29 is 4.52 Å². The van der Waals surface area contributed by atoms with Crippen LogP contribution in [0.3, 0.4) is 0 Å². The Balaban J connectivity index is 1.88. The van der Waals surface area contributed by atoms with Gasteiger partial charge >= 0.3 is 0 Å². The smallest absolute Gasteiger partial charge is 0.269 e. The fraction of sp³-hybridized carbons (Fsp3) is 0. The van der Waals surface area contributed by atoms with Gasteiger partial charge in [0.1, 0.15) is 5.03 Å². The van der Waals surface area contributed by atoms with Crippen LogP contribution in [0.1, 0.15) is 10.8 Å². The van der Waals surface area contributed by atoms with Crippen molar-refractivity contribution in [2.45, 2.75) is 0 Å². The van der Waals surface area contributed by atoms with Crippen LogP contribution in [0.2, 0.25) is 5.02 Å². The Hall–Kier alpha value is -1.62. The summed E-state index contributed by atoms with van der Waals surface area (Å²) in [4.78, 5) is 5.30. The van der Waals surface area contributed by atoms with Crippen molar-refractivity contribution in [2.75, 3.05) is 0 Å². The Morgan fingerprint density at radius 2 is 2.00 bits per heavy atom. The molecule has 0 saturated carbocycles. The minimum Gasteiger partial charge on any atom is -0.333 e. The SMILES string of the molecule is Cl/C(=C\c1cccs1)c1nc(-c2ccc(Cl)cc2)no1. The fourth-order valence-corrected chi connectivity index (χ4v) is 2.64. The maximum absolute atomic E-state index is 6.17. The zero-order chi connectivity index (χ0) is 13.9. The van der Waals surface area contributed by atoms with Gasteiger partial charge in [0.25, 0.3) is 5.89 Å². The highest BCUT2D eigenvalue weighted by Gasteiger charge is 2.11. The van der Waals surface area contributed by atoms with E-state index in [0.717, 1.165) is 10.4 Å². The molecule has 100 valence electrons. The van der Waals surface area contributed by atoms with E-state index in [4.69, 9.17) is 27.7 Å². The minimum absolute atomic E-state index is 0.296. The lowest BCUT2D eigenvalue weighted by atomic mass is 10.2. The molecule has 0 spiro atoms. The maximum atomic E-state index is 6.17. The lowest BCUT2D eigenvalue weighted by Gasteiger charge is -1.93. The van der Waals surface area contributed by atoms with Crippen LogP contribution < -0.4 is 0 Å². The van der Waals surface area contributed by atoms with E-state index in [1.54, 1.807) is 29.5 Å². The van der Waals surface area contributed by atoms with Crippen LogP contribution in [0.25, 0.3) is 22.5 Å². The van der Waals surface area contributed by atoms with Gasteiger partial charge in [-0.15, -0.1) is 11.3 Å². The van der Waals surface area contributed by atoms with E-state index in [0.29, 0.717) is 21.8 Å². The van der Waals surface area contributed by atoms with Crippen LogP contribution in [0.5, 0.6) is 0 Å². The van der Waals surface area contributed by atoms with Crippen LogP contribution in [-0.2, 0) is 0 Å². The van der Waals surface area contributed by atoms with Gasteiger partial charge in [0, 0.05) is 15.5 Å². The molecule has 2 aromatic heterocycles. The first-order valence-electron chi connectivity index (χ1n) is 5.73. The van der Waals surface area contributed by atoms with Crippen LogP contribution in [0, 0.1) is 0 Å². The molecule has 0 atom stereocenters. The summed E-state index contributed by atoms with van der Waals surface area (Å²) in [6, 6.07) is 11.1. The Bertz CT molecular complexity index is 733. The summed E-state index contributed by atoms with van der Waals surface area (Å²) in [7, 11) is 0. The lowest BCUT2D eigenvalue weighted by molar-refractivity contribution is 0.410. The van der Waals surface area contributed by atoms with E-state index in [1.807, 2.05) is 29.6 Å². The first-order chi connectivity index (χ1) is 9.72. The zero-order valence-electron chi connectivity index (χ0n) is 10.1. The van der Waals surface area contributed by atoms with Crippen molar-refractivity contribution in [3.05, 3.63) is 57.6 Å². The monoisotopic (exact) mass is 322 g/mol. The van der Waals surface area contributed by atoms with E-state index in [2.05, 4.69) is 10.1 Å². The summed E-state index contributed by atoms with van der Waals surface area (Å²) >= 11 is 13.6. The molecular formula is C14H8Cl2N2OS. The molecule has 3 aromatic rings. The Morgan fingerprint density at radius 3 is 2.70 bits per heavy atom. The standard InChI is InChI=1S/C14H8Cl2N2OS/c15-10-5-3-9(4-6-10)13-17-14(19-18-13)12(16)8-11-2-1-7-20-11/h1-8H/b12-8-. The van der Waals surface area contributed by atoms with Gasteiger partial charge in [0.05, 0.1) is 0 Å². The molecule has 3 rings (SSSR count). The van der Waals surface area contributed by atoms with Crippen LogP contribution in [0.4, 0.5) is 0 Å². The van der Waals surface area contributed by atoms with Crippen molar-refractivity contribution in [1.82, 2.24) is 10.1 Å². The third-order valence-electron chi connectivity index (χ3n) is 2.54. The van der Waals surface area contributed by atoms with Gasteiger partial charge in [-0.05, 0) is 41.8 Å². The normalized spacial score (nSPS) is 11.8. The molecule has 0 N–H and O–H groups in total. The van der Waals surface area contributed by atoms with Crippen molar-refractivity contribution in [1.29, 1.82) is 0 Å². The van der Waals surface area contributed by atoms with Gasteiger partial charge in [-0.1, -0.05) is 34.4 Å². The van der Waals surface area contributed by atoms with Crippen LogP contribution in [0.15, 0.2) is 46.3 Å². The highest BCUT2D eigenvalue weighted by atomic mass is 35.5. The number of thiophene rings is 1. The largest absolute Gasteiger partial charge is 0.333 e. The lowest BCUT2D eigenvalue weighted by Crippen LogP contribution is -1.81. The Kier molecular flexibility index (Phi) is 3.87. The van der Waals surface area contributed by atoms with Gasteiger partial charge in [-0.2, -0.15) is 4.98 Å². The molecule has 0 aliphatic rings. The van der Waals surface area contributed by atoms with Crippen molar-refractivity contribution in [2.24, 2.45) is 0 Å². The average molecular weight is 323 g/mol. The summed E-state index contributed by atoms with van der Waals surface area (Å²) in [5.74, 6) is 0.777. The number of nitrogens with zero attached hydrogens (tertiary/aromatic N) is 2. The molecule has 0 aliphatic heterocycles. The Morgan fingerprint density at radius 1 is 1.20 bits per heavy atom. The summed E-state index contributed by atoms with van der Waals surface area (Å²) in [6.45, 7) is 0. The molecule has 3 nitrogen and oxygen atoms in total. The number of aromatic nitrogens is 2. The molecule has 0 aliphatic carbocycles. The van der Waals surface area contributed by atoms with Gasteiger partial charge in [-0.3, -0.25) is 0 Å². The van der Waals surface area contributed by atoms with Crippen LogP contribution in [-0.4, -0.2) is 10.1 Å². The first kappa shape index (κ1) is 13.4. The molecule has 20 heavy (non-hydrogen) atoms. The zero-order valence-corrected chi connectivity index (χ0v) is 12.4. The van der Waals surface area contributed by atoms with Crippen molar-refractivity contribution in [3.63, 3.8) is 0 Å². The van der Waals surface area contributed by atoms with E-state index < -0.39 is 0 Å². The molecule has 0 amide bonds. The van der Waals surface area contributed by atoms with Crippen LogP contribution >= 0.6 is 34.5 Å². The number of benzene rings is 1. The minimum atomic E-state index is 0.296. The molecule has 0 unspecified atom stereocenters. The Labute approximate surface area is 129 Å². The van der Waals surface area contributed by atoms with E-state index in [-0.39, 0.29) is 0 Å². The van der Waals surface area contributed by atoms with Crippen molar-refractivity contribution >= 4 is 45.6 Å². The summed E-state index contributed by atoms with van der Waals surface area (Å²) < 4.78 is 5.17. The molecule has 0 bridgehead atoms. The van der Waals surface area contributed by atoms with E-state index >= 15 is 0 Å².